The van der Waals surface area contributed by atoms with Crippen molar-refractivity contribution < 1.29 is 4.79 Å². The molecule has 0 N–H and O–H groups in total. The van der Waals surface area contributed by atoms with Crippen molar-refractivity contribution in [1.29, 1.82) is 0 Å². The smallest absolute Gasteiger partial charge is 0.150 e. The van der Waals surface area contributed by atoms with Crippen molar-refractivity contribution in [3.63, 3.8) is 0 Å². The van der Waals surface area contributed by atoms with Crippen LogP contribution < -0.4 is 0 Å². The Labute approximate surface area is 114 Å². The zero-order valence-electron chi connectivity index (χ0n) is 8.69. The van der Waals surface area contributed by atoms with E-state index in [1.807, 2.05) is 24.3 Å². The van der Waals surface area contributed by atoms with Gasteiger partial charge in [0.05, 0.1) is 10.0 Å². The average molecular weight is 283 g/mol. The van der Waals surface area contributed by atoms with Gasteiger partial charge in [-0.25, -0.2) is 0 Å². The molecule has 1 nitrogen and oxygen atoms in total. The fraction of sp³-hybridized carbons (Fsp3) is 0. The second-order valence-electron chi connectivity index (χ2n) is 3.36. The molecule has 0 heterocycles. The Morgan fingerprint density at radius 1 is 0.882 bits per heavy atom. The SMILES string of the molecule is O=Cc1ccc(Sc2ccc(Cl)c(Cl)c2)cc1. The van der Waals surface area contributed by atoms with E-state index in [1.54, 1.807) is 30.0 Å². The lowest BCUT2D eigenvalue weighted by Gasteiger charge is -2.03. The van der Waals surface area contributed by atoms with Crippen LogP contribution in [0.4, 0.5) is 0 Å². The first-order valence-corrected chi connectivity index (χ1v) is 6.44. The molecule has 0 amide bonds. The number of carbonyl (C=O) groups is 1. The number of halogens is 2. The predicted octanol–water partition coefficient (Wildman–Crippen LogP) is 4.96. The normalized spacial score (nSPS) is 10.2. The molecule has 86 valence electrons. The van der Waals surface area contributed by atoms with Gasteiger partial charge in [-0.3, -0.25) is 4.79 Å². The van der Waals surface area contributed by atoms with Crippen LogP contribution in [0.15, 0.2) is 52.3 Å². The van der Waals surface area contributed by atoms with E-state index in [1.165, 1.54) is 0 Å². The fourth-order valence-electron chi connectivity index (χ4n) is 1.29. The number of aldehydes is 1. The van der Waals surface area contributed by atoms with Gasteiger partial charge < -0.3 is 0 Å². The summed E-state index contributed by atoms with van der Waals surface area (Å²) in [5.74, 6) is 0. The maximum Gasteiger partial charge on any atom is 0.150 e. The van der Waals surface area contributed by atoms with Crippen molar-refractivity contribution in [3.05, 3.63) is 58.1 Å². The van der Waals surface area contributed by atoms with E-state index in [0.29, 0.717) is 15.6 Å². The minimum atomic E-state index is 0.543. The maximum atomic E-state index is 10.5. The lowest BCUT2D eigenvalue weighted by Crippen LogP contribution is -1.79. The van der Waals surface area contributed by atoms with Gasteiger partial charge in [-0.05, 0) is 30.3 Å². The molecule has 0 unspecified atom stereocenters. The van der Waals surface area contributed by atoms with Crippen LogP contribution in [0.3, 0.4) is 0 Å². The maximum absolute atomic E-state index is 10.5. The minimum Gasteiger partial charge on any atom is -0.298 e. The second-order valence-corrected chi connectivity index (χ2v) is 5.33. The summed E-state index contributed by atoms with van der Waals surface area (Å²) in [6.45, 7) is 0. The molecule has 2 aromatic carbocycles. The van der Waals surface area contributed by atoms with Gasteiger partial charge in [0.1, 0.15) is 6.29 Å². The summed E-state index contributed by atoms with van der Waals surface area (Å²) in [7, 11) is 0. The van der Waals surface area contributed by atoms with Crippen molar-refractivity contribution in [1.82, 2.24) is 0 Å². The van der Waals surface area contributed by atoms with E-state index in [0.717, 1.165) is 16.1 Å². The third kappa shape index (κ3) is 3.25. The molecule has 17 heavy (non-hydrogen) atoms. The van der Waals surface area contributed by atoms with E-state index in [9.17, 15) is 4.79 Å². The molecule has 0 fully saturated rings. The summed E-state index contributed by atoms with van der Waals surface area (Å²) in [5, 5.41) is 1.09. The van der Waals surface area contributed by atoms with E-state index in [-0.39, 0.29) is 0 Å². The molecule has 2 aromatic rings. The van der Waals surface area contributed by atoms with Crippen LogP contribution in [0, 0.1) is 0 Å². The fourth-order valence-corrected chi connectivity index (χ4v) is 2.51. The van der Waals surface area contributed by atoms with E-state index < -0.39 is 0 Å². The van der Waals surface area contributed by atoms with Crippen LogP contribution in [0.2, 0.25) is 10.0 Å². The molecule has 0 aromatic heterocycles. The van der Waals surface area contributed by atoms with Gasteiger partial charge in [0, 0.05) is 15.4 Å². The summed E-state index contributed by atoms with van der Waals surface area (Å²) >= 11 is 13.3. The summed E-state index contributed by atoms with van der Waals surface area (Å²) in [5.41, 5.74) is 0.670. The highest BCUT2D eigenvalue weighted by molar-refractivity contribution is 7.99. The molecule has 2 rings (SSSR count). The highest BCUT2D eigenvalue weighted by atomic mass is 35.5. The third-order valence-corrected chi connectivity index (χ3v) is 3.88. The number of carbonyl (C=O) groups excluding carboxylic acids is 1. The Balaban J connectivity index is 2.19. The first-order chi connectivity index (χ1) is 8.19. The zero-order chi connectivity index (χ0) is 12.3. The first kappa shape index (κ1) is 12.5. The molecule has 0 atom stereocenters. The van der Waals surface area contributed by atoms with Gasteiger partial charge >= 0.3 is 0 Å². The van der Waals surface area contributed by atoms with Crippen molar-refractivity contribution in [2.24, 2.45) is 0 Å². The molecule has 4 heteroatoms. The molecule has 0 spiro atoms. The van der Waals surface area contributed by atoms with Crippen LogP contribution in [-0.2, 0) is 0 Å². The van der Waals surface area contributed by atoms with E-state index >= 15 is 0 Å². The summed E-state index contributed by atoms with van der Waals surface area (Å²) < 4.78 is 0. The Morgan fingerprint density at radius 3 is 2.12 bits per heavy atom. The molecule has 0 radical (unpaired) electrons. The summed E-state index contributed by atoms with van der Waals surface area (Å²) in [6.07, 6.45) is 0.827. The largest absolute Gasteiger partial charge is 0.298 e. The standard InChI is InChI=1S/C13H8Cl2OS/c14-12-6-5-11(7-13(12)15)17-10-3-1-9(8-16)2-4-10/h1-8H. The highest BCUT2D eigenvalue weighted by Crippen LogP contribution is 2.32. The van der Waals surface area contributed by atoms with Crippen LogP contribution in [0.5, 0.6) is 0 Å². The lowest BCUT2D eigenvalue weighted by molar-refractivity contribution is 0.112. The Kier molecular flexibility index (Phi) is 4.11. The number of benzene rings is 2. The molecular weight excluding hydrogens is 275 g/mol. The molecule has 0 aliphatic carbocycles. The van der Waals surface area contributed by atoms with Gasteiger partial charge in [-0.1, -0.05) is 47.1 Å². The molecule has 0 saturated heterocycles. The van der Waals surface area contributed by atoms with Gasteiger partial charge in [0.15, 0.2) is 0 Å². The van der Waals surface area contributed by atoms with Gasteiger partial charge in [-0.15, -0.1) is 0 Å². The monoisotopic (exact) mass is 282 g/mol. The van der Waals surface area contributed by atoms with E-state index in [4.69, 9.17) is 23.2 Å². The van der Waals surface area contributed by atoms with Crippen LogP contribution in [-0.4, -0.2) is 6.29 Å². The predicted molar refractivity (Wildman–Crippen MR) is 72.4 cm³/mol. The van der Waals surface area contributed by atoms with Crippen LogP contribution >= 0.6 is 35.0 Å². The number of hydrogen-bond acceptors (Lipinski definition) is 2. The Bertz CT molecular complexity index is 538. The molecular formula is C13H8Cl2OS. The van der Waals surface area contributed by atoms with Crippen molar-refractivity contribution in [2.75, 3.05) is 0 Å². The second kappa shape index (κ2) is 5.58. The van der Waals surface area contributed by atoms with Crippen molar-refractivity contribution in [3.8, 4) is 0 Å². The molecule has 0 bridgehead atoms. The lowest BCUT2D eigenvalue weighted by atomic mass is 10.2. The van der Waals surface area contributed by atoms with Crippen molar-refractivity contribution >= 4 is 41.2 Å². The van der Waals surface area contributed by atoms with Crippen LogP contribution in [0.1, 0.15) is 10.4 Å². The van der Waals surface area contributed by atoms with E-state index in [2.05, 4.69) is 0 Å². The molecule has 0 aliphatic heterocycles. The highest BCUT2D eigenvalue weighted by Gasteiger charge is 2.01. The van der Waals surface area contributed by atoms with Gasteiger partial charge in [0.2, 0.25) is 0 Å². The number of rotatable bonds is 3. The topological polar surface area (TPSA) is 17.1 Å². The Hall–Kier alpha value is -0.960. The average Bonchev–Trinajstić information content (AvgIpc) is 2.35. The Morgan fingerprint density at radius 2 is 1.53 bits per heavy atom. The summed E-state index contributed by atoms with van der Waals surface area (Å²) in [6, 6.07) is 12.9. The van der Waals surface area contributed by atoms with Gasteiger partial charge in [-0.2, -0.15) is 0 Å². The van der Waals surface area contributed by atoms with Crippen molar-refractivity contribution in [2.45, 2.75) is 9.79 Å². The summed E-state index contributed by atoms with van der Waals surface area (Å²) in [4.78, 5) is 12.6. The molecule has 0 saturated carbocycles. The van der Waals surface area contributed by atoms with Crippen LogP contribution in [0.25, 0.3) is 0 Å². The first-order valence-electron chi connectivity index (χ1n) is 4.87. The zero-order valence-corrected chi connectivity index (χ0v) is 11.0. The molecule has 0 aliphatic rings. The quantitative estimate of drug-likeness (QED) is 0.741. The third-order valence-electron chi connectivity index (χ3n) is 2.14. The minimum absolute atomic E-state index is 0.543. The number of hydrogen-bond donors (Lipinski definition) is 0. The van der Waals surface area contributed by atoms with Gasteiger partial charge in [0.25, 0.3) is 0 Å².